The molecule has 0 aromatic rings. The summed E-state index contributed by atoms with van der Waals surface area (Å²) in [7, 11) is 1.66. The highest BCUT2D eigenvalue weighted by molar-refractivity contribution is 4.72. The third-order valence-corrected chi connectivity index (χ3v) is 1.75. The minimum Gasteiger partial charge on any atom is -0.394 e. The number of methoxy groups -OCH3 is 1. The van der Waals surface area contributed by atoms with E-state index in [9.17, 15) is 0 Å². The molecule has 10 heavy (non-hydrogen) atoms. The van der Waals surface area contributed by atoms with E-state index >= 15 is 0 Å². The van der Waals surface area contributed by atoms with Crippen molar-refractivity contribution in [3.8, 4) is 0 Å². The maximum absolute atomic E-state index is 8.69. The number of rotatable bonds is 3. The second-order valence-electron chi connectivity index (χ2n) is 2.60. The number of aliphatic hydroxyl groups is 1. The fraction of sp³-hybridized carbons (Fsp3) is 1.00. The Balaban J connectivity index is 2.15. The minimum atomic E-state index is 0.0557. The maximum atomic E-state index is 8.69. The highest BCUT2D eigenvalue weighted by Gasteiger charge is 2.23. The zero-order chi connectivity index (χ0) is 7.40. The monoisotopic (exact) mass is 146 g/mol. The molecule has 1 fully saturated rings. The highest BCUT2D eigenvalue weighted by Crippen LogP contribution is 2.18. The lowest BCUT2D eigenvalue weighted by Gasteiger charge is -2.09. The van der Waals surface area contributed by atoms with Crippen molar-refractivity contribution in [1.82, 2.24) is 0 Å². The summed E-state index contributed by atoms with van der Waals surface area (Å²) in [6.45, 7) is 0.788. The first-order valence-electron chi connectivity index (χ1n) is 3.62. The summed E-state index contributed by atoms with van der Waals surface area (Å²) < 4.78 is 10.3. The minimum absolute atomic E-state index is 0.0557. The van der Waals surface area contributed by atoms with Crippen molar-refractivity contribution in [3.05, 3.63) is 0 Å². The molecule has 0 aromatic heterocycles. The normalized spacial score (nSPS) is 33.0. The van der Waals surface area contributed by atoms with Gasteiger partial charge in [-0.1, -0.05) is 0 Å². The smallest absolute Gasteiger partial charge is 0.0814 e. The van der Waals surface area contributed by atoms with Crippen molar-refractivity contribution in [2.75, 3.05) is 20.3 Å². The number of aliphatic hydroxyl groups excluding tert-OH is 1. The van der Waals surface area contributed by atoms with Crippen molar-refractivity contribution in [3.63, 3.8) is 0 Å². The van der Waals surface area contributed by atoms with Gasteiger partial charge in [-0.2, -0.15) is 0 Å². The molecule has 0 bridgehead atoms. The summed E-state index contributed by atoms with van der Waals surface area (Å²) in [6, 6.07) is 0. The lowest BCUT2D eigenvalue weighted by atomic mass is 10.2. The second kappa shape index (κ2) is 3.91. The van der Waals surface area contributed by atoms with E-state index in [1.54, 1.807) is 7.11 Å². The molecular formula is C7H14O3. The van der Waals surface area contributed by atoms with Gasteiger partial charge < -0.3 is 14.6 Å². The van der Waals surface area contributed by atoms with E-state index in [2.05, 4.69) is 0 Å². The molecule has 1 heterocycles. The molecule has 0 radical (unpaired) electrons. The molecule has 0 unspecified atom stereocenters. The molecule has 1 aliphatic heterocycles. The summed E-state index contributed by atoms with van der Waals surface area (Å²) in [5.74, 6) is 0. The summed E-state index contributed by atoms with van der Waals surface area (Å²) in [5, 5.41) is 8.69. The Morgan fingerprint density at radius 2 is 2.20 bits per heavy atom. The zero-order valence-corrected chi connectivity index (χ0v) is 6.25. The maximum Gasteiger partial charge on any atom is 0.0814 e. The van der Waals surface area contributed by atoms with Gasteiger partial charge in [0.05, 0.1) is 25.4 Å². The first-order chi connectivity index (χ1) is 4.86. The fourth-order valence-corrected chi connectivity index (χ4v) is 1.22. The highest BCUT2D eigenvalue weighted by atomic mass is 16.5. The van der Waals surface area contributed by atoms with Crippen LogP contribution in [0.25, 0.3) is 0 Å². The van der Waals surface area contributed by atoms with Gasteiger partial charge in [-0.05, 0) is 12.8 Å². The predicted molar refractivity (Wildman–Crippen MR) is 36.9 cm³/mol. The van der Waals surface area contributed by atoms with Crippen molar-refractivity contribution < 1.29 is 14.6 Å². The van der Waals surface area contributed by atoms with Gasteiger partial charge >= 0.3 is 0 Å². The van der Waals surface area contributed by atoms with Crippen molar-refractivity contribution in [1.29, 1.82) is 0 Å². The van der Waals surface area contributed by atoms with Crippen LogP contribution in [0, 0.1) is 0 Å². The molecule has 1 N–H and O–H groups in total. The first kappa shape index (κ1) is 7.98. The third-order valence-electron chi connectivity index (χ3n) is 1.75. The Morgan fingerprint density at radius 1 is 1.50 bits per heavy atom. The van der Waals surface area contributed by atoms with Crippen LogP contribution in [-0.2, 0) is 9.47 Å². The Labute approximate surface area is 60.9 Å². The van der Waals surface area contributed by atoms with E-state index in [4.69, 9.17) is 14.6 Å². The van der Waals surface area contributed by atoms with Gasteiger partial charge in [-0.25, -0.2) is 0 Å². The van der Waals surface area contributed by atoms with Crippen LogP contribution in [0.5, 0.6) is 0 Å². The van der Waals surface area contributed by atoms with Gasteiger partial charge in [0.15, 0.2) is 0 Å². The molecule has 1 saturated heterocycles. The van der Waals surface area contributed by atoms with E-state index < -0.39 is 0 Å². The fourth-order valence-electron chi connectivity index (χ4n) is 1.22. The van der Waals surface area contributed by atoms with Gasteiger partial charge in [0.25, 0.3) is 0 Å². The largest absolute Gasteiger partial charge is 0.394 e. The van der Waals surface area contributed by atoms with E-state index in [-0.39, 0.29) is 18.8 Å². The molecule has 0 amide bonds. The zero-order valence-electron chi connectivity index (χ0n) is 6.25. The predicted octanol–water partition coefficient (Wildman–Crippen LogP) is 0.173. The lowest BCUT2D eigenvalue weighted by molar-refractivity contribution is -0.0213. The van der Waals surface area contributed by atoms with Crippen LogP contribution in [0.1, 0.15) is 12.8 Å². The Kier molecular flexibility index (Phi) is 3.12. The van der Waals surface area contributed by atoms with Crippen LogP contribution in [-0.4, -0.2) is 37.6 Å². The van der Waals surface area contributed by atoms with E-state index in [0.717, 1.165) is 12.8 Å². The average Bonchev–Trinajstić information content (AvgIpc) is 2.37. The Hall–Kier alpha value is -0.120. The third kappa shape index (κ3) is 1.94. The Bertz CT molecular complexity index is 94.9. The van der Waals surface area contributed by atoms with Gasteiger partial charge in [-0.15, -0.1) is 0 Å². The van der Waals surface area contributed by atoms with E-state index in [1.165, 1.54) is 0 Å². The molecule has 1 aliphatic rings. The molecule has 3 heteroatoms. The van der Waals surface area contributed by atoms with Crippen LogP contribution in [0.3, 0.4) is 0 Å². The first-order valence-corrected chi connectivity index (χ1v) is 3.62. The molecule has 60 valence electrons. The molecule has 0 saturated carbocycles. The molecule has 1 rings (SSSR count). The van der Waals surface area contributed by atoms with Crippen LogP contribution in [0.15, 0.2) is 0 Å². The van der Waals surface area contributed by atoms with Crippen molar-refractivity contribution in [2.24, 2.45) is 0 Å². The summed E-state index contributed by atoms with van der Waals surface area (Å²) >= 11 is 0. The topological polar surface area (TPSA) is 38.7 Å². The van der Waals surface area contributed by atoms with Gasteiger partial charge in [-0.3, -0.25) is 0 Å². The standard InChI is InChI=1S/C7H14O3/c1-9-5-7-3-2-6(4-8)10-7/h6-8H,2-5H2,1H3/t6-,7-/m0/s1. The number of hydrogen-bond donors (Lipinski definition) is 1. The molecular weight excluding hydrogens is 132 g/mol. The molecule has 2 atom stereocenters. The van der Waals surface area contributed by atoms with Crippen LogP contribution < -0.4 is 0 Å². The number of ether oxygens (including phenoxy) is 2. The second-order valence-corrected chi connectivity index (χ2v) is 2.60. The summed E-state index contributed by atoms with van der Waals surface area (Å²) in [6.07, 6.45) is 2.24. The average molecular weight is 146 g/mol. The SMILES string of the molecule is COC[C@@H]1CC[C@@H](CO)O1. The van der Waals surface area contributed by atoms with E-state index in [0.29, 0.717) is 6.61 Å². The van der Waals surface area contributed by atoms with Crippen molar-refractivity contribution in [2.45, 2.75) is 25.0 Å². The lowest BCUT2D eigenvalue weighted by Crippen LogP contribution is -2.17. The molecule has 0 spiro atoms. The molecule has 0 aromatic carbocycles. The quantitative estimate of drug-likeness (QED) is 0.617. The Morgan fingerprint density at radius 3 is 2.70 bits per heavy atom. The van der Waals surface area contributed by atoms with Gasteiger partial charge in [0.2, 0.25) is 0 Å². The van der Waals surface area contributed by atoms with Crippen LogP contribution in [0.4, 0.5) is 0 Å². The van der Waals surface area contributed by atoms with Gasteiger partial charge in [0.1, 0.15) is 0 Å². The summed E-state index contributed by atoms with van der Waals surface area (Å²) in [4.78, 5) is 0. The summed E-state index contributed by atoms with van der Waals surface area (Å²) in [5.41, 5.74) is 0. The number of hydrogen-bond acceptors (Lipinski definition) is 3. The van der Waals surface area contributed by atoms with Crippen LogP contribution >= 0.6 is 0 Å². The van der Waals surface area contributed by atoms with E-state index in [1.807, 2.05) is 0 Å². The van der Waals surface area contributed by atoms with Crippen molar-refractivity contribution >= 4 is 0 Å². The molecule has 3 nitrogen and oxygen atoms in total. The molecule has 0 aliphatic carbocycles. The van der Waals surface area contributed by atoms with Gasteiger partial charge in [0, 0.05) is 7.11 Å². The van der Waals surface area contributed by atoms with Crippen LogP contribution in [0.2, 0.25) is 0 Å².